The van der Waals surface area contributed by atoms with Crippen LogP contribution in [0.3, 0.4) is 0 Å². The molecule has 2 amide bonds. The van der Waals surface area contributed by atoms with Crippen molar-refractivity contribution in [3.05, 3.63) is 34.8 Å². The SMILES string of the molecule is COc1cc(C(=O)Nc2nc(C(=O)NCCN(C(C)C)C(C)C)cs2)ccc1O.Cl.Cl. The van der Waals surface area contributed by atoms with E-state index in [1.54, 1.807) is 5.38 Å². The highest BCUT2D eigenvalue weighted by atomic mass is 35.5. The van der Waals surface area contributed by atoms with E-state index in [1.165, 1.54) is 36.6 Å². The van der Waals surface area contributed by atoms with Crippen molar-refractivity contribution in [1.29, 1.82) is 0 Å². The average Bonchev–Trinajstić information content (AvgIpc) is 3.13. The normalized spacial score (nSPS) is 10.5. The molecule has 31 heavy (non-hydrogen) atoms. The molecule has 1 aromatic heterocycles. The number of hydrogen-bond donors (Lipinski definition) is 3. The van der Waals surface area contributed by atoms with Gasteiger partial charge in [0.1, 0.15) is 5.69 Å². The fourth-order valence-electron chi connectivity index (χ4n) is 2.93. The Hall–Kier alpha value is -2.07. The van der Waals surface area contributed by atoms with Gasteiger partial charge < -0.3 is 15.2 Å². The van der Waals surface area contributed by atoms with Crippen LogP contribution in [0.5, 0.6) is 11.5 Å². The number of benzene rings is 1. The summed E-state index contributed by atoms with van der Waals surface area (Å²) >= 11 is 1.17. The molecule has 2 rings (SSSR count). The molecule has 1 aromatic carbocycles. The summed E-state index contributed by atoms with van der Waals surface area (Å²) in [5.74, 6) is -0.533. The number of ether oxygens (including phenoxy) is 1. The predicted octanol–water partition coefficient (Wildman–Crippen LogP) is 3.80. The molecule has 0 atom stereocenters. The summed E-state index contributed by atoms with van der Waals surface area (Å²) in [5, 5.41) is 17.1. The summed E-state index contributed by atoms with van der Waals surface area (Å²) in [7, 11) is 1.41. The zero-order valence-corrected chi connectivity index (χ0v) is 20.6. The van der Waals surface area contributed by atoms with Gasteiger partial charge in [0.15, 0.2) is 16.6 Å². The number of hydrogen-bond acceptors (Lipinski definition) is 7. The van der Waals surface area contributed by atoms with E-state index < -0.39 is 5.91 Å². The first kappa shape index (κ1) is 28.9. The Bertz CT molecular complexity index is 853. The number of methoxy groups -OCH3 is 1. The topological polar surface area (TPSA) is 104 Å². The minimum atomic E-state index is -0.408. The zero-order valence-electron chi connectivity index (χ0n) is 18.2. The number of amides is 2. The van der Waals surface area contributed by atoms with Gasteiger partial charge in [0, 0.05) is 36.1 Å². The number of nitrogens with zero attached hydrogens (tertiary/aromatic N) is 2. The van der Waals surface area contributed by atoms with Crippen LogP contribution in [0, 0.1) is 0 Å². The highest BCUT2D eigenvalue weighted by Crippen LogP contribution is 2.27. The predicted molar refractivity (Wildman–Crippen MR) is 129 cm³/mol. The number of phenols is 1. The molecule has 3 N–H and O–H groups in total. The lowest BCUT2D eigenvalue weighted by Crippen LogP contribution is -2.42. The summed E-state index contributed by atoms with van der Waals surface area (Å²) in [5.41, 5.74) is 0.567. The van der Waals surface area contributed by atoms with Gasteiger partial charge in [-0.1, -0.05) is 0 Å². The molecule has 1 heterocycles. The molecule has 0 unspecified atom stereocenters. The highest BCUT2D eigenvalue weighted by molar-refractivity contribution is 7.14. The maximum absolute atomic E-state index is 12.4. The number of aromatic hydroxyl groups is 1. The first-order chi connectivity index (χ1) is 13.7. The molecule has 0 aliphatic heterocycles. The molecule has 0 saturated carbocycles. The number of anilines is 1. The summed E-state index contributed by atoms with van der Waals surface area (Å²) in [6, 6.07) is 5.08. The average molecular weight is 493 g/mol. The van der Waals surface area contributed by atoms with E-state index in [0.29, 0.717) is 29.3 Å². The Morgan fingerprint density at radius 2 is 1.81 bits per heavy atom. The fourth-order valence-corrected chi connectivity index (χ4v) is 3.61. The molecule has 0 bridgehead atoms. The van der Waals surface area contributed by atoms with Crippen molar-refractivity contribution < 1.29 is 19.4 Å². The van der Waals surface area contributed by atoms with E-state index >= 15 is 0 Å². The Morgan fingerprint density at radius 1 is 1.16 bits per heavy atom. The standard InChI is InChI=1S/C20H28N4O4S.2ClH/c1-12(2)24(13(3)4)9-8-21-19(27)15-11-29-20(22-15)23-18(26)14-6-7-16(25)17(10-14)28-5;;/h6-7,10-13,25H,8-9H2,1-5H3,(H,21,27)(H,22,23,26);2*1H. The fraction of sp³-hybridized carbons (Fsp3) is 0.450. The van der Waals surface area contributed by atoms with Crippen molar-refractivity contribution >= 4 is 53.1 Å². The van der Waals surface area contributed by atoms with Crippen molar-refractivity contribution in [2.24, 2.45) is 0 Å². The minimum absolute atomic E-state index is 0. The lowest BCUT2D eigenvalue weighted by atomic mass is 10.2. The smallest absolute Gasteiger partial charge is 0.270 e. The van der Waals surface area contributed by atoms with E-state index in [4.69, 9.17) is 4.74 Å². The second-order valence-electron chi connectivity index (χ2n) is 7.06. The van der Waals surface area contributed by atoms with Crippen molar-refractivity contribution in [3.8, 4) is 11.5 Å². The van der Waals surface area contributed by atoms with Gasteiger partial charge in [-0.2, -0.15) is 0 Å². The molecular formula is C20H30Cl2N4O4S. The van der Waals surface area contributed by atoms with Gasteiger partial charge >= 0.3 is 0 Å². The molecule has 8 nitrogen and oxygen atoms in total. The molecule has 0 spiro atoms. The van der Waals surface area contributed by atoms with Crippen LogP contribution in [0.1, 0.15) is 48.5 Å². The molecule has 11 heteroatoms. The second kappa shape index (κ2) is 13.4. The lowest BCUT2D eigenvalue weighted by Gasteiger charge is -2.30. The van der Waals surface area contributed by atoms with Crippen LogP contribution in [0.4, 0.5) is 5.13 Å². The summed E-state index contributed by atoms with van der Waals surface area (Å²) < 4.78 is 5.01. The molecule has 174 valence electrons. The van der Waals surface area contributed by atoms with Crippen LogP contribution in [0.25, 0.3) is 0 Å². The van der Waals surface area contributed by atoms with Crippen LogP contribution in [-0.2, 0) is 0 Å². The van der Waals surface area contributed by atoms with E-state index in [-0.39, 0.29) is 47.9 Å². The van der Waals surface area contributed by atoms with Crippen LogP contribution >= 0.6 is 36.2 Å². The van der Waals surface area contributed by atoms with E-state index in [9.17, 15) is 14.7 Å². The molecule has 0 radical (unpaired) electrons. The van der Waals surface area contributed by atoms with Gasteiger partial charge in [0.25, 0.3) is 11.8 Å². The highest BCUT2D eigenvalue weighted by Gasteiger charge is 2.16. The van der Waals surface area contributed by atoms with Crippen LogP contribution < -0.4 is 15.4 Å². The van der Waals surface area contributed by atoms with Gasteiger partial charge in [-0.05, 0) is 45.9 Å². The van der Waals surface area contributed by atoms with Crippen LogP contribution in [0.2, 0.25) is 0 Å². The summed E-state index contributed by atoms with van der Waals surface area (Å²) in [4.78, 5) is 31.1. The Balaban J connectivity index is 0.00000450. The molecule has 2 aromatic rings. The number of rotatable bonds is 9. The first-order valence-corrected chi connectivity index (χ1v) is 10.3. The molecule has 0 aliphatic rings. The maximum Gasteiger partial charge on any atom is 0.270 e. The third kappa shape index (κ3) is 8.17. The summed E-state index contributed by atoms with van der Waals surface area (Å²) in [6.45, 7) is 9.77. The number of halogens is 2. The zero-order chi connectivity index (χ0) is 21.6. The quantitative estimate of drug-likeness (QED) is 0.491. The Labute approximate surface area is 199 Å². The van der Waals surface area contributed by atoms with Crippen molar-refractivity contribution in [2.75, 3.05) is 25.5 Å². The van der Waals surface area contributed by atoms with Crippen LogP contribution in [-0.4, -0.2) is 59.1 Å². The second-order valence-corrected chi connectivity index (χ2v) is 7.92. The number of aromatic nitrogens is 1. The summed E-state index contributed by atoms with van der Waals surface area (Å²) in [6.07, 6.45) is 0. The third-order valence-corrected chi connectivity index (χ3v) is 5.14. The van der Waals surface area contributed by atoms with Crippen molar-refractivity contribution in [3.63, 3.8) is 0 Å². The van der Waals surface area contributed by atoms with Gasteiger partial charge in [0.2, 0.25) is 0 Å². The minimum Gasteiger partial charge on any atom is -0.504 e. The monoisotopic (exact) mass is 492 g/mol. The number of nitrogens with one attached hydrogen (secondary N) is 2. The molecule has 0 aliphatic carbocycles. The third-order valence-electron chi connectivity index (χ3n) is 4.38. The van der Waals surface area contributed by atoms with E-state index in [1.807, 2.05) is 0 Å². The van der Waals surface area contributed by atoms with Gasteiger partial charge in [-0.3, -0.25) is 19.8 Å². The van der Waals surface area contributed by atoms with E-state index in [2.05, 4.69) is 48.2 Å². The number of phenolic OH excluding ortho intramolecular Hbond substituents is 1. The number of carbonyl (C=O) groups excluding carboxylic acids is 2. The number of thiazole rings is 1. The van der Waals surface area contributed by atoms with Crippen molar-refractivity contribution in [1.82, 2.24) is 15.2 Å². The largest absolute Gasteiger partial charge is 0.504 e. The number of carbonyl (C=O) groups is 2. The maximum atomic E-state index is 12.4. The Kier molecular flexibility index (Phi) is 12.5. The van der Waals surface area contributed by atoms with Crippen LogP contribution in [0.15, 0.2) is 23.6 Å². The first-order valence-electron chi connectivity index (χ1n) is 9.40. The molecule has 0 fully saturated rings. The van der Waals surface area contributed by atoms with Gasteiger partial charge in [0.05, 0.1) is 7.11 Å². The molecular weight excluding hydrogens is 463 g/mol. The molecule has 0 saturated heterocycles. The Morgan fingerprint density at radius 3 is 2.39 bits per heavy atom. The van der Waals surface area contributed by atoms with E-state index in [0.717, 1.165) is 6.54 Å². The lowest BCUT2D eigenvalue weighted by molar-refractivity contribution is 0.0934. The van der Waals surface area contributed by atoms with Crippen molar-refractivity contribution in [2.45, 2.75) is 39.8 Å². The van der Waals surface area contributed by atoms with Gasteiger partial charge in [-0.15, -0.1) is 36.2 Å². The van der Waals surface area contributed by atoms with Gasteiger partial charge in [-0.25, -0.2) is 4.98 Å².